The summed E-state index contributed by atoms with van der Waals surface area (Å²) in [7, 11) is 0. The molecule has 0 spiro atoms. The van der Waals surface area contributed by atoms with Crippen LogP contribution in [0.1, 0.15) is 13.8 Å². The van der Waals surface area contributed by atoms with E-state index in [9.17, 15) is 9.59 Å². The van der Waals surface area contributed by atoms with E-state index in [4.69, 9.17) is 5.11 Å². The van der Waals surface area contributed by atoms with Crippen molar-refractivity contribution in [2.24, 2.45) is 0 Å². The first-order valence-electron chi connectivity index (χ1n) is 2.44. The van der Waals surface area contributed by atoms with E-state index in [-0.39, 0.29) is 59.1 Å². The van der Waals surface area contributed by atoms with E-state index < -0.39 is 18.0 Å². The third kappa shape index (κ3) is 11.1. The number of aliphatic hydroxyl groups is 1. The standard InChI is InChI=1S/C5H8O4.2Na.2H/c1-3(6)5(8)9-4(2)7;;;;/h3,6H,1-2H3;;;;. The monoisotopic (exact) mass is 180 g/mol. The molecule has 56 valence electrons. The molecule has 0 aliphatic carbocycles. The SMILES string of the molecule is CC(=O)OC(=O)C(C)O.[NaH].[NaH]. The van der Waals surface area contributed by atoms with Gasteiger partial charge in [-0.05, 0) is 6.92 Å². The van der Waals surface area contributed by atoms with E-state index in [1.807, 2.05) is 0 Å². The van der Waals surface area contributed by atoms with E-state index in [2.05, 4.69) is 4.74 Å². The number of carbonyl (C=O) groups is 2. The van der Waals surface area contributed by atoms with E-state index in [0.29, 0.717) is 0 Å². The summed E-state index contributed by atoms with van der Waals surface area (Å²) in [5, 5.41) is 8.44. The first-order valence-corrected chi connectivity index (χ1v) is 2.44. The van der Waals surface area contributed by atoms with Crippen LogP contribution in [-0.2, 0) is 14.3 Å². The predicted molar refractivity (Wildman–Crippen MR) is 42.8 cm³/mol. The zero-order chi connectivity index (χ0) is 7.44. The second kappa shape index (κ2) is 9.19. The van der Waals surface area contributed by atoms with Gasteiger partial charge in [-0.1, -0.05) is 0 Å². The summed E-state index contributed by atoms with van der Waals surface area (Å²) in [5.41, 5.74) is 0. The fourth-order valence-electron chi connectivity index (χ4n) is 0.227. The maximum atomic E-state index is 10.3. The molecule has 0 bridgehead atoms. The second-order valence-corrected chi connectivity index (χ2v) is 1.59. The van der Waals surface area contributed by atoms with Crippen LogP contribution in [0.15, 0.2) is 0 Å². The summed E-state index contributed by atoms with van der Waals surface area (Å²) in [6, 6.07) is 0. The molecule has 1 N–H and O–H groups in total. The molecule has 0 aromatic heterocycles. The van der Waals surface area contributed by atoms with Crippen molar-refractivity contribution in [3.63, 3.8) is 0 Å². The van der Waals surface area contributed by atoms with Crippen molar-refractivity contribution in [1.82, 2.24) is 0 Å². The number of aliphatic hydroxyl groups excluding tert-OH is 1. The van der Waals surface area contributed by atoms with Gasteiger partial charge in [0.1, 0.15) is 6.10 Å². The Labute approximate surface area is 109 Å². The quantitative estimate of drug-likeness (QED) is 0.292. The fourth-order valence-corrected chi connectivity index (χ4v) is 0.227. The zero-order valence-corrected chi connectivity index (χ0v) is 5.25. The van der Waals surface area contributed by atoms with Gasteiger partial charge in [0.05, 0.1) is 0 Å². The predicted octanol–water partition coefficient (Wildman–Crippen LogP) is -1.84. The van der Waals surface area contributed by atoms with Crippen molar-refractivity contribution in [2.45, 2.75) is 20.0 Å². The van der Waals surface area contributed by atoms with Gasteiger partial charge in [0.15, 0.2) is 0 Å². The maximum absolute atomic E-state index is 10.3. The molecular formula is C5H10Na2O4. The van der Waals surface area contributed by atoms with Crippen molar-refractivity contribution in [1.29, 1.82) is 0 Å². The van der Waals surface area contributed by atoms with Crippen molar-refractivity contribution < 1.29 is 19.4 Å². The first-order chi connectivity index (χ1) is 4.04. The number of ether oxygens (including phenoxy) is 1. The van der Waals surface area contributed by atoms with E-state index >= 15 is 0 Å². The molecule has 0 saturated carbocycles. The summed E-state index contributed by atoms with van der Waals surface area (Å²) in [4.78, 5) is 20.3. The molecule has 1 atom stereocenters. The van der Waals surface area contributed by atoms with Gasteiger partial charge in [-0.15, -0.1) is 0 Å². The van der Waals surface area contributed by atoms with Crippen molar-refractivity contribution in [3.8, 4) is 0 Å². The Kier molecular flexibility index (Phi) is 15.0. The molecule has 0 aromatic carbocycles. The minimum absolute atomic E-state index is 0. The summed E-state index contributed by atoms with van der Waals surface area (Å²) >= 11 is 0. The van der Waals surface area contributed by atoms with Crippen molar-refractivity contribution in [3.05, 3.63) is 0 Å². The summed E-state index contributed by atoms with van der Waals surface area (Å²) in [6.45, 7) is 2.32. The molecule has 0 aliphatic heterocycles. The van der Waals surface area contributed by atoms with Gasteiger partial charge in [-0.3, -0.25) is 4.79 Å². The number of hydrogen-bond acceptors (Lipinski definition) is 4. The van der Waals surface area contributed by atoms with Crippen LogP contribution in [0.4, 0.5) is 0 Å². The van der Waals surface area contributed by atoms with Gasteiger partial charge in [0.25, 0.3) is 0 Å². The molecule has 0 saturated heterocycles. The van der Waals surface area contributed by atoms with Crippen LogP contribution in [0.5, 0.6) is 0 Å². The zero-order valence-electron chi connectivity index (χ0n) is 5.25. The molecule has 0 fully saturated rings. The van der Waals surface area contributed by atoms with Gasteiger partial charge in [-0.25, -0.2) is 4.79 Å². The van der Waals surface area contributed by atoms with Crippen LogP contribution in [0.3, 0.4) is 0 Å². The molecule has 0 rings (SSSR count). The topological polar surface area (TPSA) is 63.6 Å². The Bertz CT molecular complexity index is 134. The van der Waals surface area contributed by atoms with Gasteiger partial charge in [-0.2, -0.15) is 0 Å². The number of carbonyl (C=O) groups excluding carboxylic acids is 2. The average molecular weight is 180 g/mol. The molecule has 4 nitrogen and oxygen atoms in total. The molecule has 0 aliphatic rings. The Balaban J connectivity index is -0.000000320. The fraction of sp³-hybridized carbons (Fsp3) is 0.600. The summed E-state index contributed by atoms with van der Waals surface area (Å²) in [6.07, 6.45) is -1.23. The van der Waals surface area contributed by atoms with Crippen LogP contribution >= 0.6 is 0 Å². The van der Waals surface area contributed by atoms with Crippen LogP contribution in [-0.4, -0.2) is 82.3 Å². The third-order valence-electron chi connectivity index (χ3n) is 0.585. The number of hydrogen-bond donors (Lipinski definition) is 1. The molecule has 1 unspecified atom stereocenters. The third-order valence-corrected chi connectivity index (χ3v) is 0.585. The summed E-state index contributed by atoms with van der Waals surface area (Å²) in [5.74, 6) is -1.62. The number of rotatable bonds is 1. The summed E-state index contributed by atoms with van der Waals surface area (Å²) < 4.78 is 3.98. The minimum atomic E-state index is -1.23. The van der Waals surface area contributed by atoms with Crippen LogP contribution in [0, 0.1) is 0 Å². The van der Waals surface area contributed by atoms with Gasteiger partial charge in [0, 0.05) is 6.92 Å². The Morgan fingerprint density at radius 2 is 1.73 bits per heavy atom. The van der Waals surface area contributed by atoms with Crippen LogP contribution in [0.2, 0.25) is 0 Å². The Morgan fingerprint density at radius 1 is 1.36 bits per heavy atom. The normalized spacial score (nSPS) is 10.1. The Morgan fingerprint density at radius 3 is 1.82 bits per heavy atom. The number of esters is 2. The molecule has 6 heteroatoms. The first kappa shape index (κ1) is 18.0. The van der Waals surface area contributed by atoms with E-state index in [1.165, 1.54) is 6.92 Å². The molecule has 0 amide bonds. The van der Waals surface area contributed by atoms with Gasteiger partial charge in [0.2, 0.25) is 0 Å². The average Bonchev–Trinajstić information content (AvgIpc) is 1.63. The van der Waals surface area contributed by atoms with Crippen molar-refractivity contribution in [2.75, 3.05) is 0 Å². The van der Waals surface area contributed by atoms with E-state index in [1.54, 1.807) is 0 Å². The molecule has 11 heavy (non-hydrogen) atoms. The van der Waals surface area contributed by atoms with Crippen molar-refractivity contribution >= 4 is 71.1 Å². The Hall–Kier alpha value is 1.10. The molecule has 0 heterocycles. The van der Waals surface area contributed by atoms with E-state index in [0.717, 1.165) is 6.92 Å². The van der Waals surface area contributed by atoms with Crippen LogP contribution in [0.25, 0.3) is 0 Å². The second-order valence-electron chi connectivity index (χ2n) is 1.59. The molecule has 0 aromatic rings. The van der Waals surface area contributed by atoms with Gasteiger partial charge >= 0.3 is 71.1 Å². The van der Waals surface area contributed by atoms with Gasteiger partial charge < -0.3 is 9.84 Å². The van der Waals surface area contributed by atoms with Crippen LogP contribution < -0.4 is 0 Å². The molecular weight excluding hydrogens is 170 g/mol. The molecule has 0 radical (unpaired) electrons.